The summed E-state index contributed by atoms with van der Waals surface area (Å²) in [5.74, 6) is 0.621. The molecule has 1 saturated heterocycles. The highest BCUT2D eigenvalue weighted by Crippen LogP contribution is 2.23. The minimum atomic E-state index is -0.241. The third-order valence-corrected chi connectivity index (χ3v) is 4.36. The zero-order valence-electron chi connectivity index (χ0n) is 13.9. The first-order valence-corrected chi connectivity index (χ1v) is 8.26. The lowest BCUT2D eigenvalue weighted by Crippen LogP contribution is -2.42. The Hall–Kier alpha value is -2.86. The number of aryl methyl sites for hydroxylation is 1. The average molecular weight is 334 g/mol. The van der Waals surface area contributed by atoms with Gasteiger partial charge in [-0.1, -0.05) is 24.3 Å². The summed E-state index contributed by atoms with van der Waals surface area (Å²) in [6, 6.07) is 11.5. The molecule has 6 nitrogen and oxygen atoms in total. The van der Waals surface area contributed by atoms with E-state index in [0.29, 0.717) is 31.2 Å². The van der Waals surface area contributed by atoms with Crippen LogP contribution in [-0.4, -0.2) is 45.5 Å². The monoisotopic (exact) mass is 334 g/mol. The number of ether oxygens (including phenoxy) is 1. The van der Waals surface area contributed by atoms with Crippen molar-refractivity contribution >= 4 is 16.7 Å². The third kappa shape index (κ3) is 3.08. The molecular weight excluding hydrogens is 316 g/mol. The van der Waals surface area contributed by atoms with Crippen LogP contribution >= 0.6 is 0 Å². The van der Waals surface area contributed by atoms with Gasteiger partial charge in [-0.3, -0.25) is 9.78 Å². The van der Waals surface area contributed by atoms with Crippen LogP contribution in [0.5, 0.6) is 0 Å². The molecular formula is C19H18N4O2. The van der Waals surface area contributed by atoms with Crippen molar-refractivity contribution in [2.45, 2.75) is 13.0 Å². The Bertz CT molecular complexity index is 923. The summed E-state index contributed by atoms with van der Waals surface area (Å²) in [6.45, 7) is 3.32. The van der Waals surface area contributed by atoms with Crippen molar-refractivity contribution in [1.82, 2.24) is 19.9 Å². The van der Waals surface area contributed by atoms with E-state index in [2.05, 4.69) is 15.0 Å². The van der Waals surface area contributed by atoms with Crippen LogP contribution in [-0.2, 0) is 4.74 Å². The number of hydrogen-bond acceptors (Lipinski definition) is 5. The Morgan fingerprint density at radius 3 is 2.88 bits per heavy atom. The van der Waals surface area contributed by atoms with Gasteiger partial charge in [0, 0.05) is 24.3 Å². The molecule has 1 fully saturated rings. The van der Waals surface area contributed by atoms with Gasteiger partial charge in [-0.25, -0.2) is 9.97 Å². The van der Waals surface area contributed by atoms with Gasteiger partial charge in [0.1, 0.15) is 17.6 Å². The Morgan fingerprint density at radius 1 is 1.16 bits per heavy atom. The van der Waals surface area contributed by atoms with E-state index < -0.39 is 0 Å². The largest absolute Gasteiger partial charge is 0.368 e. The Labute approximate surface area is 145 Å². The molecule has 126 valence electrons. The van der Waals surface area contributed by atoms with E-state index in [0.717, 1.165) is 16.5 Å². The molecule has 6 heteroatoms. The second-order valence-corrected chi connectivity index (χ2v) is 6.02. The van der Waals surface area contributed by atoms with Crippen molar-refractivity contribution in [2.75, 3.05) is 19.7 Å². The minimum Gasteiger partial charge on any atom is -0.368 e. The SMILES string of the molecule is Cc1nccc([C@H]2CN(C(=O)c3nccc4ccccc34)CCO2)n1. The molecule has 0 bridgehead atoms. The topological polar surface area (TPSA) is 68.2 Å². The summed E-state index contributed by atoms with van der Waals surface area (Å²) in [5.41, 5.74) is 1.29. The maximum atomic E-state index is 13.0. The van der Waals surface area contributed by atoms with Crippen molar-refractivity contribution in [3.05, 3.63) is 66.0 Å². The van der Waals surface area contributed by atoms with Crippen molar-refractivity contribution in [3.63, 3.8) is 0 Å². The first-order chi connectivity index (χ1) is 12.2. The minimum absolute atomic E-state index is 0.0733. The van der Waals surface area contributed by atoms with Crippen LogP contribution in [0.15, 0.2) is 48.8 Å². The summed E-state index contributed by atoms with van der Waals surface area (Å²) in [7, 11) is 0. The molecule has 0 spiro atoms. The molecule has 2 aromatic heterocycles. The van der Waals surface area contributed by atoms with Crippen LogP contribution in [0.25, 0.3) is 10.8 Å². The van der Waals surface area contributed by atoms with Gasteiger partial charge in [0.05, 0.1) is 18.8 Å². The molecule has 1 amide bonds. The summed E-state index contributed by atoms with van der Waals surface area (Å²) in [4.78, 5) is 27.7. The van der Waals surface area contributed by atoms with Crippen LogP contribution in [0.1, 0.15) is 28.1 Å². The van der Waals surface area contributed by atoms with Gasteiger partial charge in [-0.15, -0.1) is 0 Å². The molecule has 0 unspecified atom stereocenters. The van der Waals surface area contributed by atoms with E-state index in [1.54, 1.807) is 17.3 Å². The number of hydrogen-bond donors (Lipinski definition) is 0. The highest BCUT2D eigenvalue weighted by atomic mass is 16.5. The highest BCUT2D eigenvalue weighted by Gasteiger charge is 2.28. The zero-order chi connectivity index (χ0) is 17.2. The van der Waals surface area contributed by atoms with E-state index in [-0.39, 0.29) is 12.0 Å². The maximum absolute atomic E-state index is 13.0. The highest BCUT2D eigenvalue weighted by molar-refractivity contribution is 6.05. The number of amides is 1. The molecule has 1 atom stereocenters. The molecule has 3 aromatic rings. The van der Waals surface area contributed by atoms with Crippen molar-refractivity contribution < 1.29 is 9.53 Å². The normalized spacial score (nSPS) is 17.6. The van der Waals surface area contributed by atoms with Gasteiger partial charge in [-0.05, 0) is 24.4 Å². The van der Waals surface area contributed by atoms with Gasteiger partial charge < -0.3 is 9.64 Å². The fourth-order valence-corrected chi connectivity index (χ4v) is 3.11. The van der Waals surface area contributed by atoms with Crippen molar-refractivity contribution in [1.29, 1.82) is 0 Å². The predicted molar refractivity (Wildman–Crippen MR) is 93.1 cm³/mol. The number of morpholine rings is 1. The molecule has 1 aromatic carbocycles. The molecule has 0 saturated carbocycles. The van der Waals surface area contributed by atoms with E-state index in [4.69, 9.17) is 4.74 Å². The molecule has 0 radical (unpaired) electrons. The van der Waals surface area contributed by atoms with Crippen LogP contribution in [0.3, 0.4) is 0 Å². The van der Waals surface area contributed by atoms with E-state index in [1.807, 2.05) is 43.3 Å². The summed E-state index contributed by atoms with van der Waals surface area (Å²) >= 11 is 0. The second kappa shape index (κ2) is 6.57. The van der Waals surface area contributed by atoms with Crippen molar-refractivity contribution in [3.8, 4) is 0 Å². The molecule has 1 aliphatic rings. The average Bonchev–Trinajstić information content (AvgIpc) is 2.67. The number of benzene rings is 1. The lowest BCUT2D eigenvalue weighted by atomic mass is 10.1. The van der Waals surface area contributed by atoms with E-state index in [9.17, 15) is 4.79 Å². The Balaban J connectivity index is 1.61. The standard InChI is InChI=1S/C19H18N4O2/c1-13-20-9-7-16(22-13)17-12-23(10-11-25-17)19(24)18-15-5-3-2-4-14(15)6-8-21-18/h2-9,17H,10-12H2,1H3/t17-/m1/s1. The second-order valence-electron chi connectivity index (χ2n) is 6.02. The number of fused-ring (bicyclic) bond motifs is 1. The molecule has 25 heavy (non-hydrogen) atoms. The first-order valence-electron chi connectivity index (χ1n) is 8.26. The smallest absolute Gasteiger partial charge is 0.273 e. The van der Waals surface area contributed by atoms with E-state index in [1.165, 1.54) is 0 Å². The van der Waals surface area contributed by atoms with Crippen LogP contribution in [0.4, 0.5) is 0 Å². The number of carbonyl (C=O) groups is 1. The van der Waals surface area contributed by atoms with Crippen LogP contribution in [0.2, 0.25) is 0 Å². The van der Waals surface area contributed by atoms with Gasteiger partial charge in [0.2, 0.25) is 0 Å². The fraction of sp³-hybridized carbons (Fsp3) is 0.263. The fourth-order valence-electron chi connectivity index (χ4n) is 3.11. The van der Waals surface area contributed by atoms with Crippen molar-refractivity contribution in [2.24, 2.45) is 0 Å². The van der Waals surface area contributed by atoms with Gasteiger partial charge in [0.25, 0.3) is 5.91 Å². The number of nitrogens with zero attached hydrogens (tertiary/aromatic N) is 4. The summed E-state index contributed by atoms with van der Waals surface area (Å²) < 4.78 is 5.82. The van der Waals surface area contributed by atoms with Crippen LogP contribution < -0.4 is 0 Å². The lowest BCUT2D eigenvalue weighted by molar-refractivity contribution is -0.0249. The quantitative estimate of drug-likeness (QED) is 0.720. The van der Waals surface area contributed by atoms with Gasteiger partial charge >= 0.3 is 0 Å². The summed E-state index contributed by atoms with van der Waals surface area (Å²) in [6.07, 6.45) is 3.16. The van der Waals surface area contributed by atoms with E-state index >= 15 is 0 Å². The maximum Gasteiger partial charge on any atom is 0.273 e. The summed E-state index contributed by atoms with van der Waals surface area (Å²) in [5, 5.41) is 1.88. The molecule has 1 aliphatic heterocycles. The third-order valence-electron chi connectivity index (χ3n) is 4.36. The van der Waals surface area contributed by atoms with Crippen LogP contribution in [0, 0.1) is 6.92 Å². The van der Waals surface area contributed by atoms with Gasteiger partial charge in [-0.2, -0.15) is 0 Å². The molecule has 4 rings (SSSR count). The number of rotatable bonds is 2. The zero-order valence-corrected chi connectivity index (χ0v) is 13.9. The Morgan fingerprint density at radius 2 is 2.00 bits per heavy atom. The lowest BCUT2D eigenvalue weighted by Gasteiger charge is -2.32. The number of aromatic nitrogens is 3. The Kier molecular flexibility index (Phi) is 4.11. The number of carbonyl (C=O) groups excluding carboxylic acids is 1. The number of pyridine rings is 1. The first kappa shape index (κ1) is 15.7. The molecule has 0 aliphatic carbocycles. The predicted octanol–water partition coefficient (Wildman–Crippen LogP) is 2.55. The van der Waals surface area contributed by atoms with Gasteiger partial charge in [0.15, 0.2) is 0 Å². The molecule has 0 N–H and O–H groups in total. The molecule has 3 heterocycles.